The fourth-order valence-electron chi connectivity index (χ4n) is 3.60. The number of benzene rings is 2. The predicted octanol–water partition coefficient (Wildman–Crippen LogP) is 3.56. The van der Waals surface area contributed by atoms with Gasteiger partial charge in [-0.15, -0.1) is 0 Å². The summed E-state index contributed by atoms with van der Waals surface area (Å²) in [5.74, 6) is -0.840. The molecule has 2 N–H and O–H groups in total. The Morgan fingerprint density at radius 2 is 1.77 bits per heavy atom. The number of likely N-dealkylation sites (N-methyl/N-ethyl adjacent to an activating group) is 1. The Balaban J connectivity index is 1.57. The number of halogens is 2. The Bertz CT molecular complexity index is 1080. The van der Waals surface area contributed by atoms with Crippen molar-refractivity contribution in [3.63, 3.8) is 0 Å². The minimum atomic E-state index is -0.764. The Morgan fingerprint density at radius 3 is 2.43 bits per heavy atom. The summed E-state index contributed by atoms with van der Waals surface area (Å²) in [5, 5.41) is 6.20. The van der Waals surface area contributed by atoms with Gasteiger partial charge in [0.15, 0.2) is 0 Å². The maximum Gasteiger partial charge on any atom is 0.329 e. The number of rotatable bonds is 3. The van der Waals surface area contributed by atoms with Crippen LogP contribution in [0.5, 0.6) is 0 Å². The first-order valence-corrected chi connectivity index (χ1v) is 9.93. The molecule has 0 saturated carbocycles. The minimum absolute atomic E-state index is 0.277. The molecule has 1 saturated heterocycles. The van der Waals surface area contributed by atoms with Crippen LogP contribution in [0.2, 0.25) is 10.0 Å². The van der Waals surface area contributed by atoms with Crippen LogP contribution in [0, 0.1) is 6.92 Å². The Kier molecular flexibility index (Phi) is 5.17. The molecule has 30 heavy (non-hydrogen) atoms. The highest BCUT2D eigenvalue weighted by molar-refractivity contribution is 6.42. The number of fused-ring (bicyclic) bond motifs is 1. The third-order valence-electron chi connectivity index (χ3n) is 5.12. The fourth-order valence-corrected chi connectivity index (χ4v) is 3.90. The summed E-state index contributed by atoms with van der Waals surface area (Å²) in [6.07, 6.45) is 1.57. The van der Waals surface area contributed by atoms with E-state index in [-0.39, 0.29) is 5.57 Å². The molecule has 7 nitrogen and oxygen atoms in total. The standard InChI is InChI=1S/C21H18Cl2N4O3/c1-11-3-6-13(7-4-11)27-20(29)18-17(25-21(27)30)14(10-26(18)2)19(28)24-12-5-8-15(22)16(23)9-12/h3-10,17-18H,1-2H3,(H,24,28)(H,25,30). The highest BCUT2D eigenvalue weighted by Gasteiger charge is 2.49. The van der Waals surface area contributed by atoms with Gasteiger partial charge in [-0.3, -0.25) is 9.59 Å². The molecule has 2 aromatic rings. The van der Waals surface area contributed by atoms with E-state index < -0.39 is 29.9 Å². The van der Waals surface area contributed by atoms with Crippen molar-refractivity contribution in [2.75, 3.05) is 17.3 Å². The first-order valence-electron chi connectivity index (χ1n) is 9.17. The number of nitrogens with zero attached hydrogens (tertiary/aromatic N) is 2. The Morgan fingerprint density at radius 1 is 1.07 bits per heavy atom. The van der Waals surface area contributed by atoms with Gasteiger partial charge >= 0.3 is 6.03 Å². The van der Waals surface area contributed by atoms with E-state index in [1.807, 2.05) is 19.1 Å². The average Bonchev–Trinajstić information content (AvgIpc) is 3.02. The molecule has 154 valence electrons. The molecule has 0 spiro atoms. The zero-order valence-corrected chi connectivity index (χ0v) is 17.7. The topological polar surface area (TPSA) is 81.8 Å². The number of imide groups is 1. The zero-order valence-electron chi connectivity index (χ0n) is 16.1. The van der Waals surface area contributed by atoms with Crippen LogP contribution in [0.25, 0.3) is 0 Å². The van der Waals surface area contributed by atoms with Gasteiger partial charge in [0.05, 0.1) is 27.3 Å². The van der Waals surface area contributed by atoms with Crippen LogP contribution in [0.15, 0.2) is 54.2 Å². The van der Waals surface area contributed by atoms with E-state index in [2.05, 4.69) is 10.6 Å². The number of urea groups is 1. The smallest absolute Gasteiger partial charge is 0.329 e. The molecule has 0 radical (unpaired) electrons. The molecular weight excluding hydrogens is 427 g/mol. The van der Waals surface area contributed by atoms with E-state index in [1.54, 1.807) is 42.4 Å². The summed E-state index contributed by atoms with van der Waals surface area (Å²) in [6, 6.07) is 9.74. The van der Waals surface area contributed by atoms with Crippen LogP contribution in [0.3, 0.4) is 0 Å². The summed E-state index contributed by atoms with van der Waals surface area (Å²) in [6.45, 7) is 1.92. The van der Waals surface area contributed by atoms with Crippen LogP contribution in [-0.2, 0) is 9.59 Å². The Hall–Kier alpha value is -3.03. The van der Waals surface area contributed by atoms with Crippen molar-refractivity contribution in [2.24, 2.45) is 0 Å². The van der Waals surface area contributed by atoms with Crippen molar-refractivity contribution in [2.45, 2.75) is 19.0 Å². The molecule has 2 atom stereocenters. The third-order valence-corrected chi connectivity index (χ3v) is 5.86. The fraction of sp³-hybridized carbons (Fsp3) is 0.190. The summed E-state index contributed by atoms with van der Waals surface area (Å²) in [4.78, 5) is 41.5. The lowest BCUT2D eigenvalue weighted by molar-refractivity contribution is -0.122. The second kappa shape index (κ2) is 7.66. The van der Waals surface area contributed by atoms with Gasteiger partial charge in [-0.1, -0.05) is 40.9 Å². The van der Waals surface area contributed by atoms with E-state index in [0.29, 0.717) is 21.4 Å². The molecule has 2 unspecified atom stereocenters. The molecular formula is C21H18Cl2N4O3. The lowest BCUT2D eigenvalue weighted by Gasteiger charge is -2.37. The second-order valence-corrected chi connectivity index (χ2v) is 8.03. The molecule has 1 fully saturated rings. The first kappa shape index (κ1) is 20.3. The van der Waals surface area contributed by atoms with Crippen LogP contribution >= 0.6 is 23.2 Å². The van der Waals surface area contributed by atoms with Crippen LogP contribution < -0.4 is 15.5 Å². The quantitative estimate of drug-likeness (QED) is 0.757. The third kappa shape index (κ3) is 3.51. The molecule has 0 aliphatic carbocycles. The van der Waals surface area contributed by atoms with Gasteiger partial charge < -0.3 is 15.5 Å². The van der Waals surface area contributed by atoms with Gasteiger partial charge in [0.2, 0.25) is 0 Å². The number of hydrogen-bond donors (Lipinski definition) is 2. The summed E-state index contributed by atoms with van der Waals surface area (Å²) in [5.41, 5.74) is 2.22. The number of anilines is 2. The SMILES string of the molecule is Cc1ccc(N2C(=O)NC3C(C(=O)Nc4ccc(Cl)c(Cl)c4)=CN(C)C3C2=O)cc1. The normalized spacial score (nSPS) is 20.6. The Labute approximate surface area is 183 Å². The number of hydrogen-bond acceptors (Lipinski definition) is 4. The van der Waals surface area contributed by atoms with E-state index >= 15 is 0 Å². The van der Waals surface area contributed by atoms with Crippen molar-refractivity contribution in [1.82, 2.24) is 10.2 Å². The van der Waals surface area contributed by atoms with Crippen LogP contribution in [-0.4, -0.2) is 41.9 Å². The highest BCUT2D eigenvalue weighted by Crippen LogP contribution is 2.31. The average molecular weight is 445 g/mol. The maximum atomic E-state index is 13.1. The highest BCUT2D eigenvalue weighted by atomic mass is 35.5. The largest absolute Gasteiger partial charge is 0.366 e. The van der Waals surface area contributed by atoms with Gasteiger partial charge in [0.1, 0.15) is 6.04 Å². The number of carbonyl (C=O) groups excluding carboxylic acids is 3. The molecule has 4 amide bonds. The lowest BCUT2D eigenvalue weighted by Crippen LogP contribution is -2.65. The number of amides is 4. The van der Waals surface area contributed by atoms with Crippen LogP contribution in [0.1, 0.15) is 5.56 Å². The van der Waals surface area contributed by atoms with Crippen molar-refractivity contribution < 1.29 is 14.4 Å². The maximum absolute atomic E-state index is 13.1. The lowest BCUT2D eigenvalue weighted by atomic mass is 9.99. The summed E-state index contributed by atoms with van der Waals surface area (Å²) >= 11 is 11.9. The molecule has 9 heteroatoms. The van der Waals surface area contributed by atoms with Gasteiger partial charge in [-0.05, 0) is 37.3 Å². The predicted molar refractivity (Wildman–Crippen MR) is 116 cm³/mol. The van der Waals surface area contributed by atoms with Crippen molar-refractivity contribution in [1.29, 1.82) is 0 Å². The monoisotopic (exact) mass is 444 g/mol. The van der Waals surface area contributed by atoms with E-state index in [9.17, 15) is 14.4 Å². The molecule has 4 rings (SSSR count). The molecule has 2 aliphatic rings. The second-order valence-electron chi connectivity index (χ2n) is 7.21. The number of nitrogens with one attached hydrogen (secondary N) is 2. The van der Waals surface area contributed by atoms with E-state index in [1.165, 1.54) is 6.07 Å². The van der Waals surface area contributed by atoms with Gasteiger partial charge in [0.25, 0.3) is 11.8 Å². The van der Waals surface area contributed by atoms with Gasteiger partial charge in [-0.2, -0.15) is 0 Å². The number of carbonyl (C=O) groups is 3. The molecule has 0 bridgehead atoms. The van der Waals surface area contributed by atoms with Crippen LogP contribution in [0.4, 0.5) is 16.2 Å². The zero-order chi connectivity index (χ0) is 21.6. The van der Waals surface area contributed by atoms with E-state index in [4.69, 9.17) is 23.2 Å². The number of aryl methyl sites for hydroxylation is 1. The van der Waals surface area contributed by atoms with Crippen molar-refractivity contribution >= 4 is 52.4 Å². The first-order chi connectivity index (χ1) is 14.3. The van der Waals surface area contributed by atoms with Crippen molar-refractivity contribution in [3.05, 3.63) is 69.8 Å². The molecule has 2 aliphatic heterocycles. The molecule has 2 heterocycles. The van der Waals surface area contributed by atoms with Crippen molar-refractivity contribution in [3.8, 4) is 0 Å². The molecule has 0 aromatic heterocycles. The van der Waals surface area contributed by atoms with Gasteiger partial charge in [0, 0.05) is 18.9 Å². The van der Waals surface area contributed by atoms with Gasteiger partial charge in [-0.25, -0.2) is 9.69 Å². The molecule has 2 aromatic carbocycles. The summed E-state index contributed by atoms with van der Waals surface area (Å²) < 4.78 is 0. The summed E-state index contributed by atoms with van der Waals surface area (Å²) in [7, 11) is 1.69. The van der Waals surface area contributed by atoms with E-state index in [0.717, 1.165) is 10.5 Å². The minimum Gasteiger partial charge on any atom is -0.366 e.